The van der Waals surface area contributed by atoms with Gasteiger partial charge in [-0.3, -0.25) is 9.69 Å². The third-order valence-electron chi connectivity index (χ3n) is 4.24. The summed E-state index contributed by atoms with van der Waals surface area (Å²) in [5.74, 6) is 0.792. The average molecular weight is 296 g/mol. The highest BCUT2D eigenvalue weighted by molar-refractivity contribution is 6.11. The van der Waals surface area contributed by atoms with Crippen LogP contribution in [0.5, 0.6) is 5.75 Å². The lowest BCUT2D eigenvalue weighted by atomic mass is 9.77. The van der Waals surface area contributed by atoms with E-state index >= 15 is 0 Å². The van der Waals surface area contributed by atoms with Crippen LogP contribution in [-0.2, 0) is 10.2 Å². The van der Waals surface area contributed by atoms with Gasteiger partial charge in [-0.15, -0.1) is 0 Å². The zero-order chi connectivity index (χ0) is 15.7. The number of hydrogen-bond donors (Lipinski definition) is 1. The summed E-state index contributed by atoms with van der Waals surface area (Å²) in [5, 5.41) is 0. The van der Waals surface area contributed by atoms with Gasteiger partial charge >= 0.3 is 0 Å². The van der Waals surface area contributed by atoms with Gasteiger partial charge < -0.3 is 10.5 Å². The number of carbonyl (C=O) groups is 1. The van der Waals surface area contributed by atoms with Gasteiger partial charge in [0.25, 0.3) is 0 Å². The van der Waals surface area contributed by atoms with Crippen molar-refractivity contribution in [2.75, 3.05) is 18.2 Å². The Bertz CT molecular complexity index is 714. The Morgan fingerprint density at radius 1 is 1.09 bits per heavy atom. The van der Waals surface area contributed by atoms with Crippen molar-refractivity contribution >= 4 is 11.6 Å². The number of carbonyl (C=O) groups excluding carboxylic acids is 1. The molecule has 4 rings (SSSR count). The number of hydrogen-bond acceptors (Lipinski definition) is 3. The molecule has 0 radical (unpaired) electrons. The second-order valence-electron chi connectivity index (χ2n) is 5.12. The number of amides is 1. The Kier molecular flexibility index (Phi) is 3.62. The highest BCUT2D eigenvalue weighted by atomic mass is 16.5. The van der Waals surface area contributed by atoms with Gasteiger partial charge in [-0.2, -0.15) is 0 Å². The van der Waals surface area contributed by atoms with Crippen molar-refractivity contribution in [1.82, 2.24) is 0 Å². The van der Waals surface area contributed by atoms with Crippen LogP contribution >= 0.6 is 0 Å². The van der Waals surface area contributed by atoms with Crippen LogP contribution in [-0.4, -0.2) is 19.2 Å². The molecule has 114 valence electrons. The number of fused-ring (bicyclic) bond motifs is 4. The maximum Gasteiger partial charge on any atom is 0.246 e. The van der Waals surface area contributed by atoms with E-state index in [9.17, 15) is 4.79 Å². The monoisotopic (exact) mass is 296 g/mol. The molecule has 2 heterocycles. The third kappa shape index (κ3) is 1.70. The van der Waals surface area contributed by atoms with Crippen molar-refractivity contribution in [1.29, 1.82) is 0 Å². The van der Waals surface area contributed by atoms with E-state index in [-0.39, 0.29) is 12.6 Å². The number of rotatable bonds is 1. The first-order valence-corrected chi connectivity index (χ1v) is 7.63. The number of para-hydroxylation sites is 2. The van der Waals surface area contributed by atoms with E-state index in [2.05, 4.69) is 0 Å². The molecule has 1 unspecified atom stereocenters. The largest absolute Gasteiger partial charge is 0.491 e. The fraction of sp³-hybridized carbons (Fsp3) is 0.278. The summed E-state index contributed by atoms with van der Waals surface area (Å²) in [5.41, 5.74) is 7.86. The molecule has 22 heavy (non-hydrogen) atoms. The number of benzene rings is 2. The van der Waals surface area contributed by atoms with Crippen LogP contribution in [0.25, 0.3) is 0 Å². The summed E-state index contributed by atoms with van der Waals surface area (Å²) in [6, 6.07) is 15.6. The Morgan fingerprint density at radius 2 is 1.73 bits per heavy atom. The SMILES string of the molecule is CC.NCN1C(=O)C2(COc3ccccc32)c2ccccc21. The van der Waals surface area contributed by atoms with E-state index in [1.165, 1.54) is 0 Å². The van der Waals surface area contributed by atoms with Gasteiger partial charge in [0.1, 0.15) is 17.8 Å². The smallest absolute Gasteiger partial charge is 0.246 e. The molecule has 4 nitrogen and oxygen atoms in total. The zero-order valence-corrected chi connectivity index (χ0v) is 12.9. The normalized spacial score (nSPS) is 21.0. The summed E-state index contributed by atoms with van der Waals surface area (Å²) in [7, 11) is 0. The van der Waals surface area contributed by atoms with Crippen LogP contribution in [0.2, 0.25) is 0 Å². The predicted octanol–water partition coefficient (Wildman–Crippen LogP) is 2.65. The van der Waals surface area contributed by atoms with E-state index in [0.29, 0.717) is 6.61 Å². The van der Waals surface area contributed by atoms with Gasteiger partial charge in [-0.1, -0.05) is 50.2 Å². The van der Waals surface area contributed by atoms with Gasteiger partial charge in [0, 0.05) is 11.3 Å². The molecule has 0 fully saturated rings. The molecule has 1 amide bonds. The van der Waals surface area contributed by atoms with Crippen LogP contribution < -0.4 is 15.4 Å². The Morgan fingerprint density at radius 3 is 2.45 bits per heavy atom. The highest BCUT2D eigenvalue weighted by Crippen LogP contribution is 2.51. The average Bonchev–Trinajstić information content (AvgIpc) is 3.09. The molecule has 2 aromatic rings. The van der Waals surface area contributed by atoms with E-state index in [1.807, 2.05) is 62.4 Å². The van der Waals surface area contributed by atoms with E-state index < -0.39 is 5.41 Å². The molecule has 2 aromatic carbocycles. The lowest BCUT2D eigenvalue weighted by molar-refractivity contribution is -0.122. The molecule has 2 N–H and O–H groups in total. The first-order valence-electron chi connectivity index (χ1n) is 7.63. The van der Waals surface area contributed by atoms with Crippen LogP contribution in [0.1, 0.15) is 25.0 Å². The van der Waals surface area contributed by atoms with Gasteiger partial charge in [0.15, 0.2) is 0 Å². The summed E-state index contributed by atoms with van der Waals surface area (Å²) in [6.45, 7) is 4.53. The quantitative estimate of drug-likeness (QED) is 0.880. The van der Waals surface area contributed by atoms with Crippen LogP contribution in [0.15, 0.2) is 48.5 Å². The Balaban J connectivity index is 0.000000693. The number of anilines is 1. The Hall–Kier alpha value is -2.33. The molecule has 2 aliphatic rings. The lowest BCUT2D eigenvalue weighted by Gasteiger charge is -2.22. The number of nitrogens with zero attached hydrogens (tertiary/aromatic N) is 1. The summed E-state index contributed by atoms with van der Waals surface area (Å²) < 4.78 is 5.77. The van der Waals surface area contributed by atoms with E-state index in [1.54, 1.807) is 4.90 Å². The highest BCUT2D eigenvalue weighted by Gasteiger charge is 2.56. The minimum atomic E-state index is -0.730. The van der Waals surface area contributed by atoms with Crippen molar-refractivity contribution in [3.8, 4) is 5.75 Å². The molecular weight excluding hydrogens is 276 g/mol. The maximum absolute atomic E-state index is 12.9. The molecule has 0 aliphatic carbocycles. The van der Waals surface area contributed by atoms with Crippen molar-refractivity contribution in [2.45, 2.75) is 19.3 Å². The molecule has 1 spiro atoms. The van der Waals surface area contributed by atoms with Gasteiger partial charge in [0.2, 0.25) is 5.91 Å². The minimum absolute atomic E-state index is 0.00569. The minimum Gasteiger partial charge on any atom is -0.491 e. The fourth-order valence-electron chi connectivity index (χ4n) is 3.31. The van der Waals surface area contributed by atoms with Crippen molar-refractivity contribution in [3.63, 3.8) is 0 Å². The third-order valence-corrected chi connectivity index (χ3v) is 4.24. The first kappa shape index (κ1) is 14.6. The van der Waals surface area contributed by atoms with E-state index in [0.717, 1.165) is 22.6 Å². The molecular formula is C18H20N2O2. The number of nitrogens with two attached hydrogens (primary N) is 1. The van der Waals surface area contributed by atoms with Crippen molar-refractivity contribution in [3.05, 3.63) is 59.7 Å². The lowest BCUT2D eigenvalue weighted by Crippen LogP contribution is -2.44. The van der Waals surface area contributed by atoms with Crippen LogP contribution in [0.3, 0.4) is 0 Å². The van der Waals surface area contributed by atoms with E-state index in [4.69, 9.17) is 10.5 Å². The topological polar surface area (TPSA) is 55.6 Å². The molecule has 4 heteroatoms. The Labute approximate surface area is 130 Å². The summed E-state index contributed by atoms with van der Waals surface area (Å²) in [6.07, 6.45) is 0. The van der Waals surface area contributed by atoms with Gasteiger partial charge in [0.05, 0.1) is 6.67 Å². The van der Waals surface area contributed by atoms with Crippen molar-refractivity contribution < 1.29 is 9.53 Å². The summed E-state index contributed by atoms with van der Waals surface area (Å²) in [4.78, 5) is 14.6. The second-order valence-corrected chi connectivity index (χ2v) is 5.12. The standard InChI is InChI=1S/C16H14N2O2.C2H6/c17-10-18-13-7-3-1-5-11(13)16(15(18)19)9-20-14-8-4-2-6-12(14)16;1-2/h1-8H,9-10,17H2;1-2H3. The number of ether oxygens (including phenoxy) is 1. The molecule has 0 aromatic heterocycles. The zero-order valence-electron chi connectivity index (χ0n) is 12.9. The fourth-order valence-corrected chi connectivity index (χ4v) is 3.31. The second kappa shape index (κ2) is 5.46. The molecule has 0 saturated heterocycles. The maximum atomic E-state index is 12.9. The van der Waals surface area contributed by atoms with Crippen molar-refractivity contribution in [2.24, 2.45) is 5.73 Å². The van der Waals surface area contributed by atoms with Crippen LogP contribution in [0, 0.1) is 0 Å². The molecule has 1 atom stereocenters. The first-order chi connectivity index (χ1) is 10.8. The van der Waals surface area contributed by atoms with Gasteiger partial charge in [-0.25, -0.2) is 0 Å². The molecule has 2 aliphatic heterocycles. The summed E-state index contributed by atoms with van der Waals surface area (Å²) >= 11 is 0. The molecule has 0 bridgehead atoms. The molecule has 0 saturated carbocycles. The van der Waals surface area contributed by atoms with Gasteiger partial charge in [-0.05, 0) is 17.7 Å². The van der Waals surface area contributed by atoms with Crippen LogP contribution in [0.4, 0.5) is 5.69 Å². The predicted molar refractivity (Wildman–Crippen MR) is 87.0 cm³/mol.